The Morgan fingerprint density at radius 3 is 2.63 bits per heavy atom. The number of alkyl halides is 3. The van der Waals surface area contributed by atoms with E-state index in [0.29, 0.717) is 10.5 Å². The first-order valence-electron chi connectivity index (χ1n) is 7.73. The zero-order chi connectivity index (χ0) is 19.2. The fraction of sp³-hybridized carbons (Fsp3) is 0.0556. The number of fused-ring (bicyclic) bond motifs is 2. The summed E-state index contributed by atoms with van der Waals surface area (Å²) in [6.07, 6.45) is -3.04. The van der Waals surface area contributed by atoms with Gasteiger partial charge >= 0.3 is 6.18 Å². The van der Waals surface area contributed by atoms with E-state index in [1.54, 1.807) is 24.4 Å². The predicted octanol–water partition coefficient (Wildman–Crippen LogP) is 4.18. The van der Waals surface area contributed by atoms with Crippen molar-refractivity contribution in [3.63, 3.8) is 0 Å². The highest BCUT2D eigenvalue weighted by atomic mass is 32.1. The molecule has 0 saturated carbocycles. The fourth-order valence-corrected chi connectivity index (χ4v) is 3.61. The molecular weight excluding hydrogens is 379 g/mol. The van der Waals surface area contributed by atoms with Gasteiger partial charge in [-0.2, -0.15) is 13.2 Å². The van der Waals surface area contributed by atoms with E-state index in [1.165, 1.54) is 28.7 Å². The lowest BCUT2D eigenvalue weighted by atomic mass is 10.1. The number of pyridine rings is 1. The predicted molar refractivity (Wildman–Crippen MR) is 96.2 cm³/mol. The Bertz CT molecular complexity index is 1240. The molecule has 0 atom stereocenters. The van der Waals surface area contributed by atoms with Gasteiger partial charge in [0.15, 0.2) is 0 Å². The number of anilines is 1. The van der Waals surface area contributed by atoms with Crippen molar-refractivity contribution in [2.75, 3.05) is 5.32 Å². The van der Waals surface area contributed by atoms with Crippen molar-refractivity contribution in [3.8, 4) is 0 Å². The van der Waals surface area contributed by atoms with Gasteiger partial charge in [-0.25, -0.2) is 4.98 Å². The van der Waals surface area contributed by atoms with Crippen LogP contribution in [0.25, 0.3) is 15.9 Å². The molecule has 27 heavy (non-hydrogen) atoms. The summed E-state index contributed by atoms with van der Waals surface area (Å²) >= 11 is 0.949. The molecule has 3 aromatic heterocycles. The van der Waals surface area contributed by atoms with Crippen LogP contribution in [0.4, 0.5) is 18.9 Å². The number of hydrogen-bond donors (Lipinski definition) is 1. The van der Waals surface area contributed by atoms with Crippen LogP contribution in [-0.4, -0.2) is 15.3 Å². The maximum absolute atomic E-state index is 13.1. The first-order chi connectivity index (χ1) is 12.8. The molecular formula is C18H10F3N3O2S. The lowest BCUT2D eigenvalue weighted by molar-refractivity contribution is -0.136. The van der Waals surface area contributed by atoms with Crippen LogP contribution in [0.5, 0.6) is 0 Å². The molecule has 0 saturated heterocycles. The van der Waals surface area contributed by atoms with E-state index in [4.69, 9.17) is 0 Å². The van der Waals surface area contributed by atoms with Gasteiger partial charge in [0.25, 0.3) is 11.5 Å². The third kappa shape index (κ3) is 3.06. The molecule has 0 bridgehead atoms. The number of halogens is 3. The number of benzene rings is 1. The second kappa shape index (κ2) is 6.20. The summed E-state index contributed by atoms with van der Waals surface area (Å²) in [5.74, 6) is -0.733. The van der Waals surface area contributed by atoms with Crippen molar-refractivity contribution >= 4 is 38.8 Å². The summed E-state index contributed by atoms with van der Waals surface area (Å²) in [6, 6.07) is 11.1. The molecule has 5 nitrogen and oxygen atoms in total. The van der Waals surface area contributed by atoms with Crippen molar-refractivity contribution in [2.24, 2.45) is 0 Å². The minimum Gasteiger partial charge on any atom is -0.321 e. The van der Waals surface area contributed by atoms with Gasteiger partial charge in [0.2, 0.25) is 0 Å². The molecule has 0 aliphatic rings. The van der Waals surface area contributed by atoms with Crippen LogP contribution < -0.4 is 10.9 Å². The zero-order valence-corrected chi connectivity index (χ0v) is 14.3. The maximum Gasteiger partial charge on any atom is 0.418 e. The summed E-state index contributed by atoms with van der Waals surface area (Å²) in [5.41, 5.74) is -1.21. The lowest BCUT2D eigenvalue weighted by Gasteiger charge is -2.12. The van der Waals surface area contributed by atoms with Crippen LogP contribution in [0.1, 0.15) is 15.2 Å². The highest BCUT2D eigenvalue weighted by Crippen LogP contribution is 2.35. The number of carbonyl (C=O) groups excluding carboxylic acids is 1. The van der Waals surface area contributed by atoms with Gasteiger partial charge < -0.3 is 5.32 Å². The van der Waals surface area contributed by atoms with Crippen molar-refractivity contribution in [1.82, 2.24) is 9.38 Å². The topological polar surface area (TPSA) is 63.5 Å². The molecule has 136 valence electrons. The third-order valence-electron chi connectivity index (χ3n) is 3.92. The smallest absolute Gasteiger partial charge is 0.321 e. The minimum absolute atomic E-state index is 0.0995. The monoisotopic (exact) mass is 389 g/mol. The van der Waals surface area contributed by atoms with Crippen LogP contribution in [-0.2, 0) is 6.18 Å². The molecule has 0 fully saturated rings. The third-order valence-corrected chi connectivity index (χ3v) is 4.95. The second-order valence-electron chi connectivity index (χ2n) is 5.67. The summed E-state index contributed by atoms with van der Waals surface area (Å²) in [6.45, 7) is 0. The van der Waals surface area contributed by atoms with Crippen LogP contribution in [0.3, 0.4) is 0 Å². The first kappa shape index (κ1) is 17.2. The van der Waals surface area contributed by atoms with Crippen LogP contribution in [0.2, 0.25) is 0 Å². The number of carbonyl (C=O) groups is 1. The van der Waals surface area contributed by atoms with Gasteiger partial charge in [-0.15, -0.1) is 11.3 Å². The molecule has 0 unspecified atom stereocenters. The average Bonchev–Trinajstić information content (AvgIpc) is 3.06. The van der Waals surface area contributed by atoms with E-state index in [-0.39, 0.29) is 21.5 Å². The standard InChI is InChI=1S/C18H10F3N3O2S/c19-18(20,21)11-5-1-2-6-12(11)22-15(25)13-9-10-16(27-13)23-14-7-3-4-8-24(14)17(10)26/h1-9H,(H,22,25). The Kier molecular flexibility index (Phi) is 3.96. The quantitative estimate of drug-likeness (QED) is 0.559. The molecule has 0 aliphatic heterocycles. The Hall–Kier alpha value is -3.20. The largest absolute Gasteiger partial charge is 0.418 e. The molecule has 9 heteroatoms. The van der Waals surface area contributed by atoms with Crippen LogP contribution >= 0.6 is 11.3 Å². The molecule has 0 radical (unpaired) electrons. The number of hydrogen-bond acceptors (Lipinski definition) is 4. The Balaban J connectivity index is 1.75. The Labute approximate surface area is 153 Å². The molecule has 1 N–H and O–H groups in total. The van der Waals surface area contributed by atoms with Crippen molar-refractivity contribution in [1.29, 1.82) is 0 Å². The van der Waals surface area contributed by atoms with E-state index in [0.717, 1.165) is 17.4 Å². The molecule has 4 aromatic rings. The van der Waals surface area contributed by atoms with Crippen molar-refractivity contribution < 1.29 is 18.0 Å². The molecule has 0 spiro atoms. The highest BCUT2D eigenvalue weighted by molar-refractivity contribution is 7.20. The van der Waals surface area contributed by atoms with E-state index in [1.807, 2.05) is 0 Å². The summed E-state index contributed by atoms with van der Waals surface area (Å²) < 4.78 is 40.6. The van der Waals surface area contributed by atoms with E-state index >= 15 is 0 Å². The second-order valence-corrected chi connectivity index (χ2v) is 6.70. The molecule has 4 rings (SSSR count). The summed E-state index contributed by atoms with van der Waals surface area (Å²) in [5, 5.41) is 2.50. The van der Waals surface area contributed by atoms with Gasteiger partial charge in [0.1, 0.15) is 10.5 Å². The Morgan fingerprint density at radius 1 is 1.11 bits per heavy atom. The van der Waals surface area contributed by atoms with Gasteiger partial charge in [-0.05, 0) is 30.3 Å². The number of para-hydroxylation sites is 1. The molecule has 1 amide bonds. The summed E-state index contributed by atoms with van der Waals surface area (Å²) in [4.78, 5) is 29.8. The number of aromatic nitrogens is 2. The number of rotatable bonds is 2. The number of thiophene rings is 1. The van der Waals surface area contributed by atoms with E-state index < -0.39 is 17.6 Å². The zero-order valence-electron chi connectivity index (χ0n) is 13.4. The van der Waals surface area contributed by atoms with Crippen molar-refractivity contribution in [3.05, 3.63) is 75.5 Å². The SMILES string of the molecule is O=C(Nc1ccccc1C(F)(F)F)c1cc2c(=O)n3ccccc3nc2s1. The normalized spacial score (nSPS) is 11.8. The molecule has 0 aliphatic carbocycles. The van der Waals surface area contributed by atoms with Gasteiger partial charge in [-0.1, -0.05) is 18.2 Å². The Morgan fingerprint density at radius 2 is 1.85 bits per heavy atom. The van der Waals surface area contributed by atoms with Crippen LogP contribution in [0.15, 0.2) is 59.5 Å². The average molecular weight is 389 g/mol. The fourth-order valence-electron chi connectivity index (χ4n) is 2.68. The first-order valence-corrected chi connectivity index (χ1v) is 8.55. The van der Waals surface area contributed by atoms with Gasteiger partial charge in [-0.3, -0.25) is 14.0 Å². The highest BCUT2D eigenvalue weighted by Gasteiger charge is 2.33. The van der Waals surface area contributed by atoms with Crippen LogP contribution in [0, 0.1) is 0 Å². The van der Waals surface area contributed by atoms with Gasteiger partial charge in [0.05, 0.1) is 21.5 Å². The number of nitrogens with one attached hydrogen (secondary N) is 1. The number of amides is 1. The maximum atomic E-state index is 13.1. The van der Waals surface area contributed by atoms with Crippen molar-refractivity contribution in [2.45, 2.75) is 6.18 Å². The molecule has 1 aromatic carbocycles. The van der Waals surface area contributed by atoms with Gasteiger partial charge in [0, 0.05) is 6.20 Å². The van der Waals surface area contributed by atoms with E-state index in [9.17, 15) is 22.8 Å². The summed E-state index contributed by atoms with van der Waals surface area (Å²) in [7, 11) is 0. The minimum atomic E-state index is -4.60. The lowest BCUT2D eigenvalue weighted by Crippen LogP contribution is -2.16. The van der Waals surface area contributed by atoms with E-state index in [2.05, 4.69) is 10.3 Å². The number of nitrogens with zero attached hydrogens (tertiary/aromatic N) is 2. The molecule has 3 heterocycles.